The number of ether oxygens (including phenoxy) is 1. The van der Waals surface area contributed by atoms with Crippen molar-refractivity contribution in [3.63, 3.8) is 0 Å². The Balaban J connectivity index is 1.70. The molecule has 1 aliphatic carbocycles. The molecule has 2 atom stereocenters. The number of carbonyl (C=O) groups is 2. The fourth-order valence-electron chi connectivity index (χ4n) is 3.51. The molecule has 25 heavy (non-hydrogen) atoms. The van der Waals surface area contributed by atoms with Crippen LogP contribution < -0.4 is 0 Å². The third-order valence-corrected chi connectivity index (χ3v) is 5.51. The molecule has 0 bridgehead atoms. The van der Waals surface area contributed by atoms with Crippen molar-refractivity contribution < 1.29 is 19.4 Å². The van der Waals surface area contributed by atoms with Crippen LogP contribution in [-0.4, -0.2) is 47.7 Å². The summed E-state index contributed by atoms with van der Waals surface area (Å²) in [5.41, 5.74) is 0.939. The Morgan fingerprint density at radius 3 is 2.60 bits per heavy atom. The highest BCUT2D eigenvalue weighted by Gasteiger charge is 2.47. The minimum atomic E-state index is -0.891. The fraction of sp³-hybridized carbons (Fsp3) is 0.556. The number of carbonyl (C=O) groups excluding carboxylic acids is 1. The van der Waals surface area contributed by atoms with Crippen LogP contribution in [0.2, 0.25) is 10.0 Å². The van der Waals surface area contributed by atoms with Crippen LogP contribution in [-0.2, 0) is 14.3 Å². The minimum Gasteiger partial charge on any atom is -0.481 e. The average molecular weight is 386 g/mol. The van der Waals surface area contributed by atoms with E-state index in [9.17, 15) is 9.59 Å². The number of rotatable bonds is 6. The average Bonchev–Trinajstić information content (AvgIpc) is 3.36. The van der Waals surface area contributed by atoms with Gasteiger partial charge in [0, 0.05) is 41.8 Å². The predicted molar refractivity (Wildman–Crippen MR) is 95.1 cm³/mol. The van der Waals surface area contributed by atoms with E-state index in [0.29, 0.717) is 23.3 Å². The summed E-state index contributed by atoms with van der Waals surface area (Å²) in [6.07, 6.45) is 2.21. The maximum atomic E-state index is 13.0. The van der Waals surface area contributed by atoms with Gasteiger partial charge in [0.15, 0.2) is 0 Å². The van der Waals surface area contributed by atoms with E-state index in [0.717, 1.165) is 24.8 Å². The molecular formula is C18H21Cl2NO4. The molecule has 7 heteroatoms. The van der Waals surface area contributed by atoms with Gasteiger partial charge in [0.25, 0.3) is 0 Å². The Kier molecular flexibility index (Phi) is 5.87. The van der Waals surface area contributed by atoms with E-state index < -0.39 is 5.97 Å². The van der Waals surface area contributed by atoms with E-state index in [1.807, 2.05) is 6.07 Å². The van der Waals surface area contributed by atoms with E-state index in [4.69, 9.17) is 33.0 Å². The summed E-state index contributed by atoms with van der Waals surface area (Å²) >= 11 is 12.2. The number of carboxylic acid groups (broad SMARTS) is 1. The van der Waals surface area contributed by atoms with Crippen LogP contribution in [0.15, 0.2) is 18.2 Å². The second-order valence-corrected chi connectivity index (χ2v) is 7.48. The second-order valence-electron chi connectivity index (χ2n) is 6.63. The van der Waals surface area contributed by atoms with Crippen LogP contribution in [0.4, 0.5) is 0 Å². The SMILES string of the molecule is O=C(O)CCN(C(=O)[C@@H]1C[C@H]1c1ccc(Cl)cc1Cl)C1CCOCC1. The summed E-state index contributed by atoms with van der Waals surface area (Å²) in [7, 11) is 0. The fourth-order valence-corrected chi connectivity index (χ4v) is 4.06. The Morgan fingerprint density at radius 2 is 1.96 bits per heavy atom. The largest absolute Gasteiger partial charge is 0.481 e. The first kappa shape index (κ1) is 18.5. The zero-order valence-corrected chi connectivity index (χ0v) is 15.3. The molecule has 2 aliphatic rings. The summed E-state index contributed by atoms with van der Waals surface area (Å²) in [6, 6.07) is 5.41. The lowest BCUT2D eigenvalue weighted by atomic mass is 10.0. The number of hydrogen-bond acceptors (Lipinski definition) is 3. The highest BCUT2D eigenvalue weighted by Crippen LogP contribution is 2.51. The summed E-state index contributed by atoms with van der Waals surface area (Å²) in [5, 5.41) is 10.1. The number of nitrogens with zero attached hydrogens (tertiary/aromatic N) is 1. The zero-order chi connectivity index (χ0) is 18.0. The van der Waals surface area contributed by atoms with Crippen LogP contribution in [0.5, 0.6) is 0 Å². The van der Waals surface area contributed by atoms with Gasteiger partial charge in [-0.2, -0.15) is 0 Å². The minimum absolute atomic E-state index is 0.0316. The number of carboxylic acids is 1. The standard InChI is InChI=1S/C18H21Cl2NO4/c19-11-1-2-13(16(20)9-11)14-10-15(14)18(24)21(6-3-17(22)23)12-4-7-25-8-5-12/h1-2,9,12,14-15H,3-8,10H2,(H,22,23)/t14-,15+/m0/s1. The van der Waals surface area contributed by atoms with Crippen molar-refractivity contribution in [3.8, 4) is 0 Å². The predicted octanol–water partition coefficient (Wildman–Crippen LogP) is 3.58. The monoisotopic (exact) mass is 385 g/mol. The Labute approximate surface area is 156 Å². The van der Waals surface area contributed by atoms with Crippen molar-refractivity contribution in [1.82, 2.24) is 4.90 Å². The topological polar surface area (TPSA) is 66.8 Å². The lowest BCUT2D eigenvalue weighted by Crippen LogP contribution is -2.45. The summed E-state index contributed by atoms with van der Waals surface area (Å²) < 4.78 is 5.36. The Morgan fingerprint density at radius 1 is 1.24 bits per heavy atom. The molecule has 3 rings (SSSR count). The molecule has 136 valence electrons. The second kappa shape index (κ2) is 7.94. The summed E-state index contributed by atoms with van der Waals surface area (Å²) in [4.78, 5) is 25.7. The number of halogens is 2. The van der Waals surface area contributed by atoms with Gasteiger partial charge < -0.3 is 14.7 Å². The van der Waals surface area contributed by atoms with Gasteiger partial charge in [-0.25, -0.2) is 0 Å². The van der Waals surface area contributed by atoms with Crippen molar-refractivity contribution in [2.24, 2.45) is 5.92 Å². The molecule has 1 saturated carbocycles. The van der Waals surface area contributed by atoms with Gasteiger partial charge in [0.05, 0.1) is 6.42 Å². The van der Waals surface area contributed by atoms with Gasteiger partial charge in [-0.15, -0.1) is 0 Å². The van der Waals surface area contributed by atoms with Crippen molar-refractivity contribution in [2.45, 2.75) is 37.6 Å². The van der Waals surface area contributed by atoms with E-state index in [1.165, 1.54) is 0 Å². The molecular weight excluding hydrogens is 365 g/mol. The Bertz CT molecular complexity index is 660. The van der Waals surface area contributed by atoms with Crippen molar-refractivity contribution in [1.29, 1.82) is 0 Å². The third-order valence-electron chi connectivity index (χ3n) is 4.95. The number of aliphatic carboxylic acids is 1. The molecule has 5 nitrogen and oxygen atoms in total. The highest BCUT2D eigenvalue weighted by molar-refractivity contribution is 6.35. The van der Waals surface area contributed by atoms with Gasteiger partial charge in [-0.05, 0) is 42.9 Å². The molecule has 0 spiro atoms. The third kappa shape index (κ3) is 4.46. The van der Waals surface area contributed by atoms with Gasteiger partial charge in [0.2, 0.25) is 5.91 Å². The van der Waals surface area contributed by atoms with E-state index in [1.54, 1.807) is 17.0 Å². The Hall–Kier alpha value is -1.30. The normalized spacial score (nSPS) is 23.3. The molecule has 1 aliphatic heterocycles. The van der Waals surface area contributed by atoms with Gasteiger partial charge >= 0.3 is 5.97 Å². The molecule has 1 N–H and O–H groups in total. The molecule has 1 aromatic carbocycles. The van der Waals surface area contributed by atoms with Crippen molar-refractivity contribution in [3.05, 3.63) is 33.8 Å². The molecule has 0 unspecified atom stereocenters. The van der Waals surface area contributed by atoms with Gasteiger partial charge in [-0.3, -0.25) is 9.59 Å². The van der Waals surface area contributed by atoms with Crippen molar-refractivity contribution >= 4 is 35.1 Å². The number of benzene rings is 1. The first-order chi connectivity index (χ1) is 12.0. The van der Waals surface area contributed by atoms with E-state index in [-0.39, 0.29) is 36.8 Å². The molecule has 1 aromatic rings. The maximum Gasteiger partial charge on any atom is 0.305 e. The highest BCUT2D eigenvalue weighted by atomic mass is 35.5. The summed E-state index contributed by atoms with van der Waals surface area (Å²) in [6.45, 7) is 1.47. The quantitative estimate of drug-likeness (QED) is 0.812. The van der Waals surface area contributed by atoms with Crippen LogP contribution in [0.3, 0.4) is 0 Å². The zero-order valence-electron chi connectivity index (χ0n) is 13.8. The molecule has 1 heterocycles. The van der Waals surface area contributed by atoms with Crippen LogP contribution in [0.25, 0.3) is 0 Å². The van der Waals surface area contributed by atoms with E-state index >= 15 is 0 Å². The molecule has 0 radical (unpaired) electrons. The lowest BCUT2D eigenvalue weighted by molar-refractivity contribution is -0.141. The number of amides is 1. The van der Waals surface area contributed by atoms with Gasteiger partial charge in [0.1, 0.15) is 0 Å². The first-order valence-corrected chi connectivity index (χ1v) is 9.28. The first-order valence-electron chi connectivity index (χ1n) is 8.52. The maximum absolute atomic E-state index is 13.0. The lowest BCUT2D eigenvalue weighted by Gasteiger charge is -2.34. The molecule has 1 amide bonds. The molecule has 2 fully saturated rings. The van der Waals surface area contributed by atoms with Crippen LogP contribution in [0.1, 0.15) is 37.2 Å². The van der Waals surface area contributed by atoms with E-state index in [2.05, 4.69) is 0 Å². The molecule has 1 saturated heterocycles. The van der Waals surface area contributed by atoms with Crippen LogP contribution in [0, 0.1) is 5.92 Å². The smallest absolute Gasteiger partial charge is 0.305 e. The summed E-state index contributed by atoms with van der Waals surface area (Å²) in [5.74, 6) is -0.901. The number of hydrogen-bond donors (Lipinski definition) is 1. The van der Waals surface area contributed by atoms with Gasteiger partial charge in [-0.1, -0.05) is 29.3 Å². The molecule has 0 aromatic heterocycles. The van der Waals surface area contributed by atoms with Crippen molar-refractivity contribution in [2.75, 3.05) is 19.8 Å². The van der Waals surface area contributed by atoms with Crippen LogP contribution >= 0.6 is 23.2 Å².